The Labute approximate surface area is 113 Å². The fourth-order valence-electron chi connectivity index (χ4n) is 1.52. The lowest BCUT2D eigenvalue weighted by atomic mass is 9.84. The van der Waals surface area contributed by atoms with E-state index in [1.165, 1.54) is 18.9 Å². The molecular formula is C12H32O3Si2. The summed E-state index contributed by atoms with van der Waals surface area (Å²) in [4.78, 5) is 0. The van der Waals surface area contributed by atoms with Crippen molar-refractivity contribution in [3.05, 3.63) is 0 Å². The Bertz CT molecular complexity index is 147. The maximum absolute atomic E-state index is 5.68. The van der Waals surface area contributed by atoms with Gasteiger partial charge >= 0.3 is 0 Å². The van der Waals surface area contributed by atoms with E-state index in [0.717, 1.165) is 36.9 Å². The van der Waals surface area contributed by atoms with Gasteiger partial charge in [-0.25, -0.2) is 0 Å². The SMILES string of the molecule is C.CCC1(COCCC[SiH2]C)COC1.CO[SiH3]. The average Bonchev–Trinajstić information content (AvgIpc) is 2.22. The van der Waals surface area contributed by atoms with Crippen LogP contribution in [0, 0.1) is 5.41 Å². The second-order valence-electron chi connectivity index (χ2n) is 4.51. The highest BCUT2D eigenvalue weighted by Crippen LogP contribution is 2.31. The second kappa shape index (κ2) is 12.8. The zero-order valence-electron chi connectivity index (χ0n) is 11.4. The Kier molecular flexibility index (Phi) is 14.8. The van der Waals surface area contributed by atoms with E-state index in [-0.39, 0.29) is 16.9 Å². The highest BCUT2D eigenvalue weighted by atomic mass is 28.2. The number of rotatable bonds is 7. The molecule has 5 heteroatoms. The molecule has 0 bridgehead atoms. The molecule has 17 heavy (non-hydrogen) atoms. The van der Waals surface area contributed by atoms with Gasteiger partial charge in [0.1, 0.15) is 10.5 Å². The van der Waals surface area contributed by atoms with Crippen LogP contribution in [-0.2, 0) is 13.9 Å². The minimum Gasteiger partial charge on any atom is -0.431 e. The van der Waals surface area contributed by atoms with Crippen molar-refractivity contribution in [3.63, 3.8) is 0 Å². The molecule has 0 radical (unpaired) electrons. The van der Waals surface area contributed by atoms with E-state index in [1.807, 2.05) is 0 Å². The van der Waals surface area contributed by atoms with Crippen LogP contribution in [0.2, 0.25) is 12.6 Å². The molecule has 106 valence electrons. The van der Waals surface area contributed by atoms with Crippen molar-refractivity contribution in [2.75, 3.05) is 33.5 Å². The molecule has 0 spiro atoms. The third kappa shape index (κ3) is 8.96. The zero-order chi connectivity index (χ0) is 12.3. The van der Waals surface area contributed by atoms with Gasteiger partial charge in [0.2, 0.25) is 0 Å². The van der Waals surface area contributed by atoms with Crippen molar-refractivity contribution in [2.45, 2.75) is 39.8 Å². The van der Waals surface area contributed by atoms with Crippen LogP contribution < -0.4 is 0 Å². The van der Waals surface area contributed by atoms with Crippen LogP contribution >= 0.6 is 0 Å². The molecular weight excluding hydrogens is 248 g/mol. The van der Waals surface area contributed by atoms with Gasteiger partial charge in [0.05, 0.1) is 19.8 Å². The van der Waals surface area contributed by atoms with Crippen molar-refractivity contribution in [2.24, 2.45) is 5.41 Å². The fraction of sp³-hybridized carbons (Fsp3) is 1.00. The van der Waals surface area contributed by atoms with E-state index in [4.69, 9.17) is 9.47 Å². The summed E-state index contributed by atoms with van der Waals surface area (Å²) in [7, 11) is 2.81. The molecule has 0 atom stereocenters. The normalized spacial score (nSPS) is 17.1. The summed E-state index contributed by atoms with van der Waals surface area (Å²) < 4.78 is 15.3. The van der Waals surface area contributed by atoms with Crippen LogP contribution in [0.4, 0.5) is 0 Å². The van der Waals surface area contributed by atoms with Crippen molar-refractivity contribution in [1.82, 2.24) is 0 Å². The first-order valence-electron chi connectivity index (χ1n) is 6.30. The Hall–Kier alpha value is 0.314. The summed E-state index contributed by atoms with van der Waals surface area (Å²) >= 11 is 0. The van der Waals surface area contributed by atoms with E-state index < -0.39 is 0 Å². The van der Waals surface area contributed by atoms with Crippen LogP contribution in [0.25, 0.3) is 0 Å². The number of ether oxygens (including phenoxy) is 2. The molecule has 0 saturated carbocycles. The quantitative estimate of drug-likeness (QED) is 0.514. The smallest absolute Gasteiger partial charge is 0.145 e. The molecule has 0 aliphatic carbocycles. The van der Waals surface area contributed by atoms with Gasteiger partial charge in [-0.3, -0.25) is 0 Å². The lowest BCUT2D eigenvalue weighted by Gasteiger charge is -2.40. The van der Waals surface area contributed by atoms with Gasteiger partial charge in [-0.2, -0.15) is 0 Å². The maximum Gasteiger partial charge on any atom is 0.145 e. The summed E-state index contributed by atoms with van der Waals surface area (Å²) in [6.07, 6.45) is 2.46. The van der Waals surface area contributed by atoms with Crippen molar-refractivity contribution in [3.8, 4) is 0 Å². The van der Waals surface area contributed by atoms with Gasteiger partial charge < -0.3 is 13.9 Å². The predicted molar refractivity (Wildman–Crippen MR) is 81.9 cm³/mol. The third-order valence-electron chi connectivity index (χ3n) is 2.87. The molecule has 0 aromatic rings. The van der Waals surface area contributed by atoms with Gasteiger partial charge in [0, 0.05) is 28.7 Å². The third-order valence-corrected chi connectivity index (χ3v) is 4.07. The second-order valence-corrected chi connectivity index (χ2v) is 7.04. The molecule has 1 rings (SSSR count). The first-order chi connectivity index (χ1) is 7.74. The van der Waals surface area contributed by atoms with Crippen LogP contribution in [0.5, 0.6) is 0 Å². The summed E-state index contributed by atoms with van der Waals surface area (Å²) in [6, 6.07) is 1.43. The molecule has 0 amide bonds. The van der Waals surface area contributed by atoms with E-state index in [2.05, 4.69) is 17.9 Å². The Morgan fingerprint density at radius 2 is 2.00 bits per heavy atom. The molecule has 1 aliphatic heterocycles. The molecule has 1 heterocycles. The van der Waals surface area contributed by atoms with Crippen molar-refractivity contribution in [1.29, 1.82) is 0 Å². The molecule has 0 N–H and O–H groups in total. The Morgan fingerprint density at radius 1 is 1.41 bits per heavy atom. The molecule has 0 unspecified atom stereocenters. The predicted octanol–water partition coefficient (Wildman–Crippen LogP) is 1.00. The molecule has 1 fully saturated rings. The van der Waals surface area contributed by atoms with Crippen molar-refractivity contribution >= 4 is 20.0 Å². The Morgan fingerprint density at radius 3 is 2.35 bits per heavy atom. The highest BCUT2D eigenvalue weighted by molar-refractivity contribution is 6.33. The monoisotopic (exact) mass is 280 g/mol. The van der Waals surface area contributed by atoms with Gasteiger partial charge in [0.25, 0.3) is 0 Å². The first kappa shape index (κ1) is 19.6. The fourth-order valence-corrected chi connectivity index (χ4v) is 2.23. The maximum atomic E-state index is 5.68. The molecule has 3 nitrogen and oxygen atoms in total. The standard InChI is InChI=1S/C10H22O2Si.CH6OSi.CH4/c1-3-10(8-12-9-10)7-11-5-4-6-13-2;1-2-3;/h3-9,13H2,1-2H3;1,3H3;1H4. The Balaban J connectivity index is 0. The van der Waals surface area contributed by atoms with Crippen molar-refractivity contribution < 1.29 is 13.9 Å². The lowest BCUT2D eigenvalue weighted by molar-refractivity contribution is -0.150. The molecule has 1 saturated heterocycles. The minimum atomic E-state index is 0. The largest absolute Gasteiger partial charge is 0.431 e. The van der Waals surface area contributed by atoms with Gasteiger partial charge in [-0.05, 0) is 12.8 Å². The van der Waals surface area contributed by atoms with E-state index >= 15 is 0 Å². The van der Waals surface area contributed by atoms with Crippen LogP contribution in [0.15, 0.2) is 0 Å². The summed E-state index contributed by atoms with van der Waals surface area (Å²) in [5, 5.41) is 0. The summed E-state index contributed by atoms with van der Waals surface area (Å²) in [5.41, 5.74) is 0.379. The first-order valence-corrected chi connectivity index (χ1v) is 9.53. The molecule has 1 aliphatic rings. The number of hydrogen-bond donors (Lipinski definition) is 0. The van der Waals surface area contributed by atoms with E-state index in [0.29, 0.717) is 5.41 Å². The molecule has 0 aromatic carbocycles. The zero-order valence-corrected chi connectivity index (χ0v) is 14.8. The summed E-state index contributed by atoms with van der Waals surface area (Å²) in [5.74, 6) is 0. The lowest BCUT2D eigenvalue weighted by Crippen LogP contribution is -2.45. The number of hydrogen-bond acceptors (Lipinski definition) is 3. The van der Waals surface area contributed by atoms with E-state index in [9.17, 15) is 0 Å². The van der Waals surface area contributed by atoms with Gasteiger partial charge in [-0.1, -0.05) is 26.9 Å². The highest BCUT2D eigenvalue weighted by Gasteiger charge is 2.36. The minimum absolute atomic E-state index is 0. The van der Waals surface area contributed by atoms with Crippen LogP contribution in [0.1, 0.15) is 27.2 Å². The van der Waals surface area contributed by atoms with Gasteiger partial charge in [0.15, 0.2) is 0 Å². The topological polar surface area (TPSA) is 27.7 Å². The van der Waals surface area contributed by atoms with E-state index in [1.54, 1.807) is 7.11 Å². The summed E-state index contributed by atoms with van der Waals surface area (Å²) in [6.45, 7) is 8.27. The average molecular weight is 281 g/mol. The molecule has 0 aromatic heterocycles. The van der Waals surface area contributed by atoms with Crippen LogP contribution in [0.3, 0.4) is 0 Å². The van der Waals surface area contributed by atoms with Gasteiger partial charge in [-0.15, -0.1) is 0 Å². The van der Waals surface area contributed by atoms with Crippen LogP contribution in [-0.4, -0.2) is 53.5 Å².